The van der Waals surface area contributed by atoms with Gasteiger partial charge in [0.15, 0.2) is 0 Å². The molecular formula is C19H21N3O5S. The highest BCUT2D eigenvalue weighted by atomic mass is 32.1. The van der Waals surface area contributed by atoms with Gasteiger partial charge in [0, 0.05) is 24.4 Å². The number of benzene rings is 1. The maximum absolute atomic E-state index is 12.9. The molecule has 4 amide bonds. The van der Waals surface area contributed by atoms with E-state index < -0.39 is 24.0 Å². The van der Waals surface area contributed by atoms with Crippen LogP contribution in [0.3, 0.4) is 0 Å². The molecule has 0 saturated carbocycles. The molecule has 0 spiro atoms. The topological polar surface area (TPSA) is 114 Å². The first-order valence-electron chi connectivity index (χ1n) is 8.40. The number of aryl methyl sites for hydroxylation is 1. The number of ether oxygens (including phenoxy) is 1. The highest BCUT2D eigenvalue weighted by Gasteiger charge is 2.30. The number of anilines is 1. The van der Waals surface area contributed by atoms with Gasteiger partial charge in [-0.15, -0.1) is 11.3 Å². The minimum Gasteiger partial charge on any atom is -0.444 e. The zero-order chi connectivity index (χ0) is 20.8. The predicted octanol–water partition coefficient (Wildman–Crippen LogP) is 2.68. The number of esters is 1. The quantitative estimate of drug-likeness (QED) is 0.664. The Kier molecular flexibility index (Phi) is 6.89. The van der Waals surface area contributed by atoms with Crippen molar-refractivity contribution in [2.45, 2.75) is 26.9 Å². The fraction of sp³-hybridized carbons (Fsp3) is 0.263. The molecule has 0 fully saturated rings. The highest BCUT2D eigenvalue weighted by molar-refractivity contribution is 7.16. The molecule has 0 radical (unpaired) electrons. The van der Waals surface area contributed by atoms with Crippen LogP contribution in [-0.2, 0) is 14.3 Å². The first kappa shape index (κ1) is 21.1. The van der Waals surface area contributed by atoms with Crippen LogP contribution in [0.4, 0.5) is 9.80 Å². The molecule has 0 aliphatic heterocycles. The Labute approximate surface area is 166 Å². The van der Waals surface area contributed by atoms with E-state index in [0.717, 1.165) is 4.88 Å². The van der Waals surface area contributed by atoms with E-state index >= 15 is 0 Å². The third kappa shape index (κ3) is 4.95. The zero-order valence-corrected chi connectivity index (χ0v) is 16.7. The van der Waals surface area contributed by atoms with Crippen LogP contribution in [0.25, 0.3) is 0 Å². The smallest absolute Gasteiger partial charge is 0.342 e. The SMILES string of the molecule is CNC(=O)NC(=O)[C@@H](OC(=O)c1c(NC(C)=O)sc(C)c1C)c1ccccc1. The van der Waals surface area contributed by atoms with Crippen molar-refractivity contribution >= 4 is 40.2 Å². The number of amides is 4. The number of nitrogens with one attached hydrogen (secondary N) is 3. The van der Waals surface area contributed by atoms with Gasteiger partial charge in [-0.25, -0.2) is 9.59 Å². The number of rotatable bonds is 5. The van der Waals surface area contributed by atoms with Gasteiger partial charge in [-0.1, -0.05) is 30.3 Å². The van der Waals surface area contributed by atoms with Gasteiger partial charge in [0.1, 0.15) is 5.00 Å². The van der Waals surface area contributed by atoms with Crippen LogP contribution < -0.4 is 16.0 Å². The van der Waals surface area contributed by atoms with E-state index in [1.807, 2.05) is 6.92 Å². The molecule has 8 nitrogen and oxygen atoms in total. The molecule has 0 unspecified atom stereocenters. The second kappa shape index (κ2) is 9.14. The molecule has 9 heteroatoms. The van der Waals surface area contributed by atoms with E-state index in [2.05, 4.69) is 16.0 Å². The van der Waals surface area contributed by atoms with Crippen molar-refractivity contribution in [2.24, 2.45) is 0 Å². The van der Waals surface area contributed by atoms with Gasteiger partial charge in [0.25, 0.3) is 5.91 Å². The zero-order valence-electron chi connectivity index (χ0n) is 15.9. The summed E-state index contributed by atoms with van der Waals surface area (Å²) in [5.74, 6) is -1.89. The van der Waals surface area contributed by atoms with Gasteiger partial charge in [-0.05, 0) is 19.4 Å². The Morgan fingerprint density at radius 1 is 1.07 bits per heavy atom. The Morgan fingerprint density at radius 2 is 1.71 bits per heavy atom. The molecule has 1 heterocycles. The standard InChI is InChI=1S/C19H21N3O5S/c1-10-11(2)28-17(21-12(3)23)14(10)18(25)27-15(13-8-6-5-7-9-13)16(24)22-19(26)20-4/h5-9,15H,1-4H3,(H,21,23)(H2,20,22,24,26)/t15-/m0/s1. The number of thiophene rings is 1. The lowest BCUT2D eigenvalue weighted by Gasteiger charge is -2.18. The van der Waals surface area contributed by atoms with E-state index in [0.29, 0.717) is 16.1 Å². The summed E-state index contributed by atoms with van der Waals surface area (Å²) in [4.78, 5) is 49.2. The van der Waals surface area contributed by atoms with Crippen molar-refractivity contribution in [3.8, 4) is 0 Å². The lowest BCUT2D eigenvalue weighted by Crippen LogP contribution is -2.41. The van der Waals surface area contributed by atoms with Gasteiger partial charge in [0.05, 0.1) is 5.56 Å². The minimum absolute atomic E-state index is 0.186. The van der Waals surface area contributed by atoms with Crippen molar-refractivity contribution in [3.05, 3.63) is 51.9 Å². The summed E-state index contributed by atoms with van der Waals surface area (Å²) in [7, 11) is 1.36. The summed E-state index contributed by atoms with van der Waals surface area (Å²) in [5, 5.41) is 7.36. The van der Waals surface area contributed by atoms with Crippen LogP contribution in [0.2, 0.25) is 0 Å². The summed E-state index contributed by atoms with van der Waals surface area (Å²) in [6.45, 7) is 4.88. The molecule has 0 aliphatic carbocycles. The average Bonchev–Trinajstić information content (AvgIpc) is 2.92. The predicted molar refractivity (Wildman–Crippen MR) is 105 cm³/mol. The molecule has 3 N–H and O–H groups in total. The van der Waals surface area contributed by atoms with Gasteiger partial charge in [-0.3, -0.25) is 14.9 Å². The molecular weight excluding hydrogens is 382 g/mol. The number of carbonyl (C=O) groups is 4. The van der Waals surface area contributed by atoms with Crippen LogP contribution in [0.15, 0.2) is 30.3 Å². The molecule has 2 aromatic rings. The first-order valence-corrected chi connectivity index (χ1v) is 9.22. The number of hydrogen-bond donors (Lipinski definition) is 3. The highest BCUT2D eigenvalue weighted by Crippen LogP contribution is 2.34. The van der Waals surface area contributed by atoms with Crippen molar-refractivity contribution in [1.29, 1.82) is 0 Å². The Morgan fingerprint density at radius 3 is 2.29 bits per heavy atom. The number of hydrogen-bond acceptors (Lipinski definition) is 6. The van der Waals surface area contributed by atoms with Crippen LogP contribution in [0, 0.1) is 13.8 Å². The average molecular weight is 403 g/mol. The summed E-state index contributed by atoms with van der Waals surface area (Å²) in [6, 6.07) is 7.63. The second-order valence-corrected chi connectivity index (χ2v) is 7.16. The van der Waals surface area contributed by atoms with Gasteiger partial charge in [-0.2, -0.15) is 0 Å². The number of urea groups is 1. The van der Waals surface area contributed by atoms with E-state index in [1.54, 1.807) is 37.3 Å². The second-order valence-electron chi connectivity index (χ2n) is 5.93. The van der Waals surface area contributed by atoms with Crippen molar-refractivity contribution in [3.63, 3.8) is 0 Å². The first-order chi connectivity index (χ1) is 13.2. The van der Waals surface area contributed by atoms with Crippen LogP contribution >= 0.6 is 11.3 Å². The summed E-state index contributed by atoms with van der Waals surface area (Å²) < 4.78 is 5.47. The lowest BCUT2D eigenvalue weighted by molar-refractivity contribution is -0.129. The van der Waals surface area contributed by atoms with Gasteiger partial charge in [0.2, 0.25) is 12.0 Å². The number of imide groups is 1. The maximum Gasteiger partial charge on any atom is 0.342 e. The molecule has 0 saturated heterocycles. The fourth-order valence-corrected chi connectivity index (χ4v) is 3.52. The van der Waals surface area contributed by atoms with Gasteiger partial charge >= 0.3 is 12.0 Å². The van der Waals surface area contributed by atoms with Gasteiger partial charge < -0.3 is 15.4 Å². The minimum atomic E-state index is -1.34. The summed E-state index contributed by atoms with van der Waals surface area (Å²) in [6.07, 6.45) is -1.34. The van der Waals surface area contributed by atoms with E-state index in [1.165, 1.54) is 25.3 Å². The van der Waals surface area contributed by atoms with Crippen LogP contribution in [0.1, 0.15) is 39.4 Å². The molecule has 2 rings (SSSR count). The molecule has 0 bridgehead atoms. The molecule has 1 atom stereocenters. The molecule has 148 valence electrons. The lowest BCUT2D eigenvalue weighted by atomic mass is 10.1. The summed E-state index contributed by atoms with van der Waals surface area (Å²) in [5.41, 5.74) is 1.24. The van der Waals surface area contributed by atoms with Crippen molar-refractivity contribution in [2.75, 3.05) is 12.4 Å². The molecule has 0 aliphatic rings. The van der Waals surface area contributed by atoms with E-state index in [4.69, 9.17) is 4.74 Å². The van der Waals surface area contributed by atoms with Crippen molar-refractivity contribution < 1.29 is 23.9 Å². The van der Waals surface area contributed by atoms with Crippen LogP contribution in [-0.4, -0.2) is 30.9 Å². The molecule has 1 aromatic heterocycles. The Bertz CT molecular complexity index is 908. The third-order valence-electron chi connectivity index (χ3n) is 3.91. The summed E-state index contributed by atoms with van der Waals surface area (Å²) >= 11 is 1.25. The molecule has 28 heavy (non-hydrogen) atoms. The number of carbonyl (C=O) groups excluding carboxylic acids is 4. The normalized spacial score (nSPS) is 11.3. The van der Waals surface area contributed by atoms with Crippen LogP contribution in [0.5, 0.6) is 0 Å². The fourth-order valence-electron chi connectivity index (χ4n) is 2.43. The van der Waals surface area contributed by atoms with E-state index in [9.17, 15) is 19.2 Å². The largest absolute Gasteiger partial charge is 0.444 e. The maximum atomic E-state index is 12.9. The Hall–Kier alpha value is -3.20. The van der Waals surface area contributed by atoms with Crippen molar-refractivity contribution in [1.82, 2.24) is 10.6 Å². The molecule has 1 aromatic carbocycles. The van der Waals surface area contributed by atoms with E-state index in [-0.39, 0.29) is 11.5 Å². The monoisotopic (exact) mass is 403 g/mol. The Balaban J connectivity index is 2.37. The third-order valence-corrected chi connectivity index (χ3v) is 5.03.